The number of ketones is 1. The third-order valence-electron chi connectivity index (χ3n) is 3.21. The van der Waals surface area contributed by atoms with Crippen molar-refractivity contribution >= 4 is 16.7 Å². The van der Waals surface area contributed by atoms with Crippen molar-refractivity contribution in [3.8, 4) is 11.3 Å². The molecule has 0 aliphatic heterocycles. The number of hydrogen-bond donors (Lipinski definition) is 1. The summed E-state index contributed by atoms with van der Waals surface area (Å²) in [6.45, 7) is 3.48. The van der Waals surface area contributed by atoms with E-state index in [9.17, 15) is 4.79 Å². The molecule has 0 saturated heterocycles. The summed E-state index contributed by atoms with van der Waals surface area (Å²) in [6, 6.07) is 11.8. The molecule has 3 nitrogen and oxygen atoms in total. The van der Waals surface area contributed by atoms with Gasteiger partial charge in [0.05, 0.1) is 5.69 Å². The Balaban J connectivity index is 2.17. The van der Waals surface area contributed by atoms with E-state index in [1.807, 2.05) is 43.5 Å². The summed E-state index contributed by atoms with van der Waals surface area (Å²) in [7, 11) is 0. The molecule has 3 aromatic rings. The summed E-state index contributed by atoms with van der Waals surface area (Å²) in [4.78, 5) is 19.2. The molecule has 0 radical (unpaired) electrons. The van der Waals surface area contributed by atoms with E-state index >= 15 is 0 Å². The SMILES string of the molecule is CC(=O)c1cc(C)nc(-c2ccc3[nH]ccc3c2)c1. The van der Waals surface area contributed by atoms with E-state index in [-0.39, 0.29) is 5.78 Å². The number of nitrogens with one attached hydrogen (secondary N) is 1. The third kappa shape index (κ3) is 2.15. The zero-order valence-corrected chi connectivity index (χ0v) is 10.9. The lowest BCUT2D eigenvalue weighted by Crippen LogP contribution is -1.96. The van der Waals surface area contributed by atoms with E-state index in [4.69, 9.17) is 0 Å². The molecule has 1 N–H and O–H groups in total. The summed E-state index contributed by atoms with van der Waals surface area (Å²) in [5.74, 6) is 0.0643. The molecule has 0 bridgehead atoms. The number of benzene rings is 1. The predicted molar refractivity (Wildman–Crippen MR) is 76.3 cm³/mol. The molecule has 0 saturated carbocycles. The van der Waals surface area contributed by atoms with E-state index in [0.717, 1.165) is 27.9 Å². The van der Waals surface area contributed by atoms with Crippen molar-refractivity contribution in [3.05, 3.63) is 53.9 Å². The number of nitrogens with zero attached hydrogens (tertiary/aromatic N) is 1. The molecule has 94 valence electrons. The second-order valence-corrected chi connectivity index (χ2v) is 4.72. The van der Waals surface area contributed by atoms with Gasteiger partial charge in [0.1, 0.15) is 0 Å². The topological polar surface area (TPSA) is 45.8 Å². The van der Waals surface area contributed by atoms with Crippen LogP contribution >= 0.6 is 0 Å². The Morgan fingerprint density at radius 3 is 2.79 bits per heavy atom. The first-order chi connectivity index (χ1) is 9.13. The Morgan fingerprint density at radius 1 is 1.16 bits per heavy atom. The number of hydrogen-bond acceptors (Lipinski definition) is 2. The lowest BCUT2D eigenvalue weighted by Gasteiger charge is -2.05. The van der Waals surface area contributed by atoms with Crippen molar-refractivity contribution in [2.45, 2.75) is 13.8 Å². The van der Waals surface area contributed by atoms with Gasteiger partial charge in [-0.3, -0.25) is 9.78 Å². The number of aromatic nitrogens is 2. The van der Waals surface area contributed by atoms with Crippen molar-refractivity contribution in [2.24, 2.45) is 0 Å². The van der Waals surface area contributed by atoms with Gasteiger partial charge in [-0.2, -0.15) is 0 Å². The van der Waals surface area contributed by atoms with Gasteiger partial charge in [-0.15, -0.1) is 0 Å². The number of aromatic amines is 1. The Kier molecular flexibility index (Phi) is 2.67. The zero-order valence-electron chi connectivity index (χ0n) is 10.9. The maximum absolute atomic E-state index is 11.5. The molecule has 0 atom stereocenters. The highest BCUT2D eigenvalue weighted by Crippen LogP contribution is 2.23. The molecule has 0 spiro atoms. The van der Waals surface area contributed by atoms with Crippen LogP contribution in [0.3, 0.4) is 0 Å². The molecule has 0 aliphatic rings. The van der Waals surface area contributed by atoms with Crippen molar-refractivity contribution in [1.29, 1.82) is 0 Å². The van der Waals surface area contributed by atoms with E-state index in [1.165, 1.54) is 0 Å². The largest absolute Gasteiger partial charge is 0.361 e. The first kappa shape index (κ1) is 11.7. The number of H-pyrrole nitrogens is 1. The van der Waals surface area contributed by atoms with Gasteiger partial charge in [0, 0.05) is 33.9 Å². The first-order valence-electron chi connectivity index (χ1n) is 6.20. The van der Waals surface area contributed by atoms with E-state index in [2.05, 4.69) is 16.0 Å². The minimum absolute atomic E-state index is 0.0643. The smallest absolute Gasteiger partial charge is 0.159 e. The molecule has 0 amide bonds. The Labute approximate surface area is 111 Å². The fourth-order valence-corrected chi connectivity index (χ4v) is 2.23. The molecule has 0 fully saturated rings. The standard InChI is InChI=1S/C16H14N2O/c1-10-7-14(11(2)19)9-16(18-10)12-3-4-15-13(8-12)5-6-17-15/h3-9,17H,1-2H3. The highest BCUT2D eigenvalue weighted by Gasteiger charge is 2.07. The van der Waals surface area contributed by atoms with Crippen LogP contribution in [-0.2, 0) is 0 Å². The van der Waals surface area contributed by atoms with Crippen LogP contribution in [0.1, 0.15) is 23.0 Å². The highest BCUT2D eigenvalue weighted by atomic mass is 16.1. The fraction of sp³-hybridized carbons (Fsp3) is 0.125. The average Bonchev–Trinajstić information content (AvgIpc) is 2.85. The Morgan fingerprint density at radius 2 is 2.00 bits per heavy atom. The molecule has 2 aromatic heterocycles. The number of rotatable bonds is 2. The van der Waals surface area contributed by atoms with Gasteiger partial charge < -0.3 is 4.98 Å². The van der Waals surface area contributed by atoms with Crippen molar-refractivity contribution < 1.29 is 4.79 Å². The lowest BCUT2D eigenvalue weighted by molar-refractivity contribution is 0.101. The molecular weight excluding hydrogens is 236 g/mol. The van der Waals surface area contributed by atoms with Gasteiger partial charge in [0.25, 0.3) is 0 Å². The average molecular weight is 250 g/mol. The third-order valence-corrected chi connectivity index (χ3v) is 3.21. The molecular formula is C16H14N2O. The van der Waals surface area contributed by atoms with Crippen LogP contribution in [0.4, 0.5) is 0 Å². The molecule has 19 heavy (non-hydrogen) atoms. The number of Topliss-reactive ketones (excluding diaryl/α,β-unsaturated/α-hetero) is 1. The monoisotopic (exact) mass is 250 g/mol. The normalized spacial score (nSPS) is 10.8. The van der Waals surface area contributed by atoms with Crippen LogP contribution in [0.2, 0.25) is 0 Å². The zero-order chi connectivity index (χ0) is 13.4. The van der Waals surface area contributed by atoms with Gasteiger partial charge in [-0.25, -0.2) is 0 Å². The van der Waals surface area contributed by atoms with Gasteiger partial charge >= 0.3 is 0 Å². The van der Waals surface area contributed by atoms with Crippen LogP contribution in [0.5, 0.6) is 0 Å². The summed E-state index contributed by atoms with van der Waals surface area (Å²) in [5, 5.41) is 1.14. The maximum atomic E-state index is 11.5. The first-order valence-corrected chi connectivity index (χ1v) is 6.20. The molecule has 2 heterocycles. The Hall–Kier alpha value is -2.42. The fourth-order valence-electron chi connectivity index (χ4n) is 2.23. The summed E-state index contributed by atoms with van der Waals surface area (Å²) in [5.41, 5.74) is 4.53. The van der Waals surface area contributed by atoms with Crippen LogP contribution in [0.25, 0.3) is 22.2 Å². The second kappa shape index (κ2) is 4.35. The van der Waals surface area contributed by atoms with Gasteiger partial charge in [0.15, 0.2) is 5.78 Å². The van der Waals surface area contributed by atoms with Gasteiger partial charge in [0.2, 0.25) is 0 Å². The van der Waals surface area contributed by atoms with Crippen LogP contribution < -0.4 is 0 Å². The molecule has 0 aliphatic carbocycles. The van der Waals surface area contributed by atoms with Crippen LogP contribution in [-0.4, -0.2) is 15.8 Å². The van der Waals surface area contributed by atoms with E-state index in [0.29, 0.717) is 5.56 Å². The van der Waals surface area contributed by atoms with Crippen LogP contribution in [0, 0.1) is 6.92 Å². The Bertz CT molecular complexity index is 771. The van der Waals surface area contributed by atoms with E-state index < -0.39 is 0 Å². The predicted octanol–water partition coefficient (Wildman–Crippen LogP) is 3.74. The molecule has 0 unspecified atom stereocenters. The quantitative estimate of drug-likeness (QED) is 0.704. The van der Waals surface area contributed by atoms with Crippen molar-refractivity contribution in [2.75, 3.05) is 0 Å². The number of aryl methyl sites for hydroxylation is 1. The molecule has 3 rings (SSSR count). The molecule has 1 aromatic carbocycles. The lowest BCUT2D eigenvalue weighted by atomic mass is 10.0. The summed E-state index contributed by atoms with van der Waals surface area (Å²) < 4.78 is 0. The number of pyridine rings is 1. The minimum atomic E-state index is 0.0643. The number of fused-ring (bicyclic) bond motifs is 1. The highest BCUT2D eigenvalue weighted by molar-refractivity contribution is 5.95. The van der Waals surface area contributed by atoms with E-state index in [1.54, 1.807) is 6.92 Å². The molecule has 3 heteroatoms. The second-order valence-electron chi connectivity index (χ2n) is 4.72. The van der Waals surface area contributed by atoms with Crippen molar-refractivity contribution in [3.63, 3.8) is 0 Å². The van der Waals surface area contributed by atoms with Crippen LogP contribution in [0.15, 0.2) is 42.6 Å². The number of carbonyl (C=O) groups is 1. The van der Waals surface area contributed by atoms with Gasteiger partial charge in [-0.05, 0) is 44.2 Å². The number of carbonyl (C=O) groups excluding carboxylic acids is 1. The summed E-state index contributed by atoms with van der Waals surface area (Å²) in [6.07, 6.45) is 1.92. The maximum Gasteiger partial charge on any atom is 0.159 e. The minimum Gasteiger partial charge on any atom is -0.361 e. The summed E-state index contributed by atoms with van der Waals surface area (Å²) >= 11 is 0. The van der Waals surface area contributed by atoms with Gasteiger partial charge in [-0.1, -0.05) is 6.07 Å². The van der Waals surface area contributed by atoms with Crippen molar-refractivity contribution in [1.82, 2.24) is 9.97 Å².